The predicted molar refractivity (Wildman–Crippen MR) is 64.5 cm³/mol. The lowest BCUT2D eigenvalue weighted by molar-refractivity contribution is -0.145. The number of pyridine rings is 1. The van der Waals surface area contributed by atoms with Crippen LogP contribution in [0.1, 0.15) is 25.5 Å². The van der Waals surface area contributed by atoms with Crippen LogP contribution in [0.3, 0.4) is 0 Å². The van der Waals surface area contributed by atoms with Crippen LogP contribution in [0.2, 0.25) is 0 Å². The predicted octanol–water partition coefficient (Wildman–Crippen LogP) is 1.77. The maximum absolute atomic E-state index is 11.2. The van der Waals surface area contributed by atoms with Gasteiger partial charge in [-0.05, 0) is 37.4 Å². The van der Waals surface area contributed by atoms with E-state index in [1.165, 1.54) is 0 Å². The lowest BCUT2D eigenvalue weighted by Gasteiger charge is -2.35. The van der Waals surface area contributed by atoms with E-state index < -0.39 is 5.97 Å². The molecule has 0 spiro atoms. The van der Waals surface area contributed by atoms with Crippen molar-refractivity contribution >= 4 is 5.97 Å². The van der Waals surface area contributed by atoms with Crippen LogP contribution in [0.5, 0.6) is 0 Å². The topological polar surface area (TPSA) is 53.4 Å². The van der Waals surface area contributed by atoms with Crippen molar-refractivity contribution in [2.45, 2.75) is 32.4 Å². The zero-order valence-electron chi connectivity index (χ0n) is 10.0. The van der Waals surface area contributed by atoms with E-state index in [0.29, 0.717) is 12.5 Å². The summed E-state index contributed by atoms with van der Waals surface area (Å²) < 4.78 is 0. The molecule has 2 atom stereocenters. The van der Waals surface area contributed by atoms with Gasteiger partial charge in [0.2, 0.25) is 0 Å². The summed E-state index contributed by atoms with van der Waals surface area (Å²) in [4.78, 5) is 17.5. The standard InChI is InChI=1S/C13H18N2O2/c1-10-5-7-15(12(8-10)13(16)17)9-11-4-2-3-6-14-11/h2-4,6,10,12H,5,7-9H2,1H3,(H,16,17). The van der Waals surface area contributed by atoms with Gasteiger partial charge >= 0.3 is 5.97 Å². The largest absolute Gasteiger partial charge is 0.480 e. The highest BCUT2D eigenvalue weighted by atomic mass is 16.4. The van der Waals surface area contributed by atoms with Crippen LogP contribution in [-0.2, 0) is 11.3 Å². The van der Waals surface area contributed by atoms with Gasteiger partial charge in [0.1, 0.15) is 6.04 Å². The normalized spacial score (nSPS) is 25.7. The number of carboxylic acid groups (broad SMARTS) is 1. The summed E-state index contributed by atoms with van der Waals surface area (Å²) in [6.45, 7) is 3.59. The van der Waals surface area contributed by atoms with Gasteiger partial charge in [0, 0.05) is 12.7 Å². The zero-order valence-corrected chi connectivity index (χ0v) is 10.0. The first-order valence-electron chi connectivity index (χ1n) is 6.03. The van der Waals surface area contributed by atoms with Gasteiger partial charge in [-0.3, -0.25) is 14.7 Å². The van der Waals surface area contributed by atoms with E-state index in [-0.39, 0.29) is 6.04 Å². The Labute approximate surface area is 101 Å². The number of rotatable bonds is 3. The molecule has 1 aromatic heterocycles. The number of hydrogen-bond acceptors (Lipinski definition) is 3. The van der Waals surface area contributed by atoms with Crippen LogP contribution in [0.15, 0.2) is 24.4 Å². The van der Waals surface area contributed by atoms with Crippen LogP contribution < -0.4 is 0 Å². The molecule has 0 aromatic carbocycles. The highest BCUT2D eigenvalue weighted by Crippen LogP contribution is 2.23. The van der Waals surface area contributed by atoms with Crippen LogP contribution in [-0.4, -0.2) is 33.5 Å². The Morgan fingerprint density at radius 1 is 1.59 bits per heavy atom. The van der Waals surface area contributed by atoms with Crippen molar-refractivity contribution < 1.29 is 9.90 Å². The minimum Gasteiger partial charge on any atom is -0.480 e. The molecule has 0 saturated carbocycles. The van der Waals surface area contributed by atoms with Crippen LogP contribution in [0.25, 0.3) is 0 Å². The molecule has 2 heterocycles. The van der Waals surface area contributed by atoms with Crippen molar-refractivity contribution in [1.82, 2.24) is 9.88 Å². The number of carboxylic acids is 1. The lowest BCUT2D eigenvalue weighted by atomic mass is 9.92. The lowest BCUT2D eigenvalue weighted by Crippen LogP contribution is -2.46. The summed E-state index contributed by atoms with van der Waals surface area (Å²) in [5.74, 6) is -0.219. The van der Waals surface area contributed by atoms with Crippen molar-refractivity contribution in [2.75, 3.05) is 6.54 Å². The Kier molecular flexibility index (Phi) is 3.74. The molecular formula is C13H18N2O2. The van der Waals surface area contributed by atoms with Gasteiger partial charge in [-0.2, -0.15) is 0 Å². The zero-order chi connectivity index (χ0) is 12.3. The monoisotopic (exact) mass is 234 g/mol. The molecule has 1 aliphatic rings. The molecule has 4 nitrogen and oxygen atoms in total. The molecule has 4 heteroatoms. The first-order chi connectivity index (χ1) is 8.16. The number of nitrogens with zero attached hydrogens (tertiary/aromatic N) is 2. The maximum atomic E-state index is 11.2. The van der Waals surface area contributed by atoms with Gasteiger partial charge in [-0.25, -0.2) is 0 Å². The molecule has 1 aromatic rings. The Morgan fingerprint density at radius 2 is 2.41 bits per heavy atom. The van der Waals surface area contributed by atoms with E-state index in [9.17, 15) is 9.90 Å². The van der Waals surface area contributed by atoms with E-state index in [4.69, 9.17) is 0 Å². The minimum atomic E-state index is -0.715. The SMILES string of the molecule is CC1CCN(Cc2ccccn2)C(C(=O)O)C1. The van der Waals surface area contributed by atoms with Crippen molar-refractivity contribution in [3.63, 3.8) is 0 Å². The van der Waals surface area contributed by atoms with Gasteiger partial charge in [0.15, 0.2) is 0 Å². The van der Waals surface area contributed by atoms with Gasteiger partial charge in [-0.1, -0.05) is 13.0 Å². The molecule has 0 bridgehead atoms. The van der Waals surface area contributed by atoms with E-state index >= 15 is 0 Å². The average molecular weight is 234 g/mol. The molecule has 2 rings (SSSR count). The fourth-order valence-corrected chi connectivity index (χ4v) is 2.34. The second-order valence-electron chi connectivity index (χ2n) is 4.78. The van der Waals surface area contributed by atoms with E-state index in [0.717, 1.165) is 25.1 Å². The number of aliphatic carboxylic acids is 1. The summed E-state index contributed by atoms with van der Waals surface area (Å²) in [6, 6.07) is 5.39. The van der Waals surface area contributed by atoms with Gasteiger partial charge in [-0.15, -0.1) is 0 Å². The molecule has 1 saturated heterocycles. The van der Waals surface area contributed by atoms with Crippen LogP contribution in [0.4, 0.5) is 0 Å². The van der Waals surface area contributed by atoms with Crippen molar-refractivity contribution in [3.05, 3.63) is 30.1 Å². The number of piperidine rings is 1. The molecule has 0 radical (unpaired) electrons. The van der Waals surface area contributed by atoms with Gasteiger partial charge < -0.3 is 5.11 Å². The third-order valence-corrected chi connectivity index (χ3v) is 3.35. The molecule has 0 aliphatic carbocycles. The molecule has 1 N–H and O–H groups in total. The number of hydrogen-bond donors (Lipinski definition) is 1. The van der Waals surface area contributed by atoms with Crippen molar-refractivity contribution in [1.29, 1.82) is 0 Å². The third-order valence-electron chi connectivity index (χ3n) is 3.35. The van der Waals surface area contributed by atoms with Crippen LogP contribution in [0, 0.1) is 5.92 Å². The van der Waals surface area contributed by atoms with Gasteiger partial charge in [0.05, 0.1) is 5.69 Å². The Bertz CT molecular complexity index is 380. The summed E-state index contributed by atoms with van der Waals surface area (Å²) in [6.07, 6.45) is 3.55. The van der Waals surface area contributed by atoms with Gasteiger partial charge in [0.25, 0.3) is 0 Å². The number of carbonyl (C=O) groups is 1. The molecule has 0 amide bonds. The quantitative estimate of drug-likeness (QED) is 0.866. The highest BCUT2D eigenvalue weighted by Gasteiger charge is 2.31. The maximum Gasteiger partial charge on any atom is 0.320 e. The van der Waals surface area contributed by atoms with Crippen molar-refractivity contribution in [2.24, 2.45) is 5.92 Å². The van der Waals surface area contributed by atoms with Crippen molar-refractivity contribution in [3.8, 4) is 0 Å². The van der Waals surface area contributed by atoms with E-state index in [1.54, 1.807) is 6.20 Å². The number of likely N-dealkylation sites (tertiary alicyclic amines) is 1. The molecule has 17 heavy (non-hydrogen) atoms. The molecule has 92 valence electrons. The fourth-order valence-electron chi connectivity index (χ4n) is 2.34. The molecule has 1 fully saturated rings. The van der Waals surface area contributed by atoms with Crippen LogP contribution >= 0.6 is 0 Å². The molecular weight excluding hydrogens is 216 g/mol. The first kappa shape index (κ1) is 12.0. The second kappa shape index (κ2) is 5.27. The highest BCUT2D eigenvalue weighted by molar-refractivity contribution is 5.73. The van der Waals surface area contributed by atoms with E-state index in [1.807, 2.05) is 23.1 Å². The summed E-state index contributed by atoms with van der Waals surface area (Å²) in [7, 11) is 0. The smallest absolute Gasteiger partial charge is 0.320 e. The Morgan fingerprint density at radius 3 is 3.06 bits per heavy atom. The number of aromatic nitrogens is 1. The molecule has 1 aliphatic heterocycles. The minimum absolute atomic E-state index is 0.360. The summed E-state index contributed by atoms with van der Waals surface area (Å²) >= 11 is 0. The molecule has 2 unspecified atom stereocenters. The second-order valence-corrected chi connectivity index (χ2v) is 4.78. The summed E-state index contributed by atoms with van der Waals surface area (Å²) in [5, 5.41) is 9.24. The van der Waals surface area contributed by atoms with E-state index in [2.05, 4.69) is 11.9 Å². The summed E-state index contributed by atoms with van der Waals surface area (Å²) in [5.41, 5.74) is 0.938. The third kappa shape index (κ3) is 3.03. The first-order valence-corrected chi connectivity index (χ1v) is 6.03. The Hall–Kier alpha value is -1.42. The average Bonchev–Trinajstić information content (AvgIpc) is 2.32. The fraction of sp³-hybridized carbons (Fsp3) is 0.538. The Balaban J connectivity index is 2.06.